The maximum absolute atomic E-state index is 12.0. The van der Waals surface area contributed by atoms with Crippen LogP contribution in [-0.4, -0.2) is 4.98 Å². The minimum Gasteiger partial charge on any atom is -0.255 e. The molecule has 3 heteroatoms. The van der Waals surface area contributed by atoms with Crippen LogP contribution >= 0.6 is 15.9 Å². The molecule has 0 saturated heterocycles. The lowest BCUT2D eigenvalue weighted by Gasteiger charge is -1.96. The van der Waals surface area contributed by atoms with Crippen molar-refractivity contribution >= 4 is 15.9 Å². The van der Waals surface area contributed by atoms with Crippen LogP contribution in [0.2, 0.25) is 0 Å². The summed E-state index contributed by atoms with van der Waals surface area (Å²) in [6.07, 6.45) is 0. The Morgan fingerprint density at radius 3 is 2.80 bits per heavy atom. The number of nitrogens with zero attached hydrogens (tertiary/aromatic N) is 1. The fourth-order valence-corrected chi connectivity index (χ4v) is 1.36. The summed E-state index contributed by atoms with van der Waals surface area (Å²) >= 11 is 3.25. The van der Waals surface area contributed by atoms with Crippen LogP contribution in [0.3, 0.4) is 0 Å². The van der Waals surface area contributed by atoms with E-state index >= 15 is 0 Å². The molecule has 0 aromatic carbocycles. The van der Waals surface area contributed by atoms with Gasteiger partial charge in [0, 0.05) is 10.2 Å². The van der Waals surface area contributed by atoms with E-state index in [0.29, 0.717) is 5.69 Å². The summed E-state index contributed by atoms with van der Waals surface area (Å²) in [5.41, 5.74) is 1.31. The first-order chi connectivity index (χ1) is 4.72. The SMILES string of the molecule is Cc1cc(Br)cc(CF)n1. The molecule has 0 radical (unpaired) electrons. The molecular formula is C7H7BrFN. The highest BCUT2D eigenvalue weighted by Crippen LogP contribution is 2.12. The summed E-state index contributed by atoms with van der Waals surface area (Å²) in [4.78, 5) is 3.95. The second kappa shape index (κ2) is 3.10. The molecule has 0 fully saturated rings. The summed E-state index contributed by atoms with van der Waals surface area (Å²) in [5, 5.41) is 0. The van der Waals surface area contributed by atoms with Crippen molar-refractivity contribution in [2.75, 3.05) is 0 Å². The monoisotopic (exact) mass is 203 g/mol. The summed E-state index contributed by atoms with van der Waals surface area (Å²) in [6, 6.07) is 3.52. The molecule has 1 rings (SSSR count). The van der Waals surface area contributed by atoms with Crippen molar-refractivity contribution in [2.24, 2.45) is 0 Å². The summed E-state index contributed by atoms with van der Waals surface area (Å²) in [6.45, 7) is 1.34. The molecule has 0 aliphatic heterocycles. The highest BCUT2D eigenvalue weighted by atomic mass is 79.9. The van der Waals surface area contributed by atoms with Gasteiger partial charge in [-0.05, 0) is 19.1 Å². The third kappa shape index (κ3) is 1.77. The Balaban J connectivity index is 3.06. The van der Waals surface area contributed by atoms with Gasteiger partial charge in [-0.1, -0.05) is 15.9 Å². The first kappa shape index (κ1) is 7.66. The maximum atomic E-state index is 12.0. The van der Waals surface area contributed by atoms with Crippen LogP contribution in [0.4, 0.5) is 4.39 Å². The Morgan fingerprint density at radius 1 is 1.60 bits per heavy atom. The molecule has 1 aromatic rings. The summed E-state index contributed by atoms with van der Waals surface area (Å²) in [7, 11) is 0. The predicted octanol–water partition coefficient (Wildman–Crippen LogP) is 2.62. The topological polar surface area (TPSA) is 12.9 Å². The number of alkyl halides is 1. The Morgan fingerprint density at radius 2 is 2.30 bits per heavy atom. The van der Waals surface area contributed by atoms with Crippen molar-refractivity contribution in [3.63, 3.8) is 0 Å². The van der Waals surface area contributed by atoms with E-state index in [2.05, 4.69) is 20.9 Å². The highest BCUT2D eigenvalue weighted by Gasteiger charge is 1.95. The van der Waals surface area contributed by atoms with Crippen LogP contribution in [0.5, 0.6) is 0 Å². The predicted molar refractivity (Wildman–Crippen MR) is 41.5 cm³/mol. The molecule has 0 bridgehead atoms. The zero-order chi connectivity index (χ0) is 7.56. The second-order valence-corrected chi connectivity index (χ2v) is 2.97. The van der Waals surface area contributed by atoms with E-state index in [9.17, 15) is 4.39 Å². The quantitative estimate of drug-likeness (QED) is 0.685. The normalized spacial score (nSPS) is 9.90. The number of hydrogen-bond acceptors (Lipinski definition) is 1. The standard InChI is InChI=1S/C7H7BrFN/c1-5-2-6(8)3-7(4-9)10-5/h2-3H,4H2,1H3. The lowest BCUT2D eigenvalue weighted by Crippen LogP contribution is -1.88. The van der Waals surface area contributed by atoms with Crippen LogP contribution in [-0.2, 0) is 6.67 Å². The average molecular weight is 204 g/mol. The van der Waals surface area contributed by atoms with Gasteiger partial charge < -0.3 is 0 Å². The van der Waals surface area contributed by atoms with Crippen molar-refractivity contribution in [3.8, 4) is 0 Å². The third-order valence-corrected chi connectivity index (χ3v) is 1.57. The molecule has 1 nitrogen and oxygen atoms in total. The lowest BCUT2D eigenvalue weighted by atomic mass is 10.3. The van der Waals surface area contributed by atoms with E-state index in [1.54, 1.807) is 6.07 Å². The maximum Gasteiger partial charge on any atom is 0.131 e. The average Bonchev–Trinajstić information content (AvgIpc) is 1.85. The molecule has 10 heavy (non-hydrogen) atoms. The molecule has 1 heterocycles. The van der Waals surface area contributed by atoms with Gasteiger partial charge in [0.25, 0.3) is 0 Å². The second-order valence-electron chi connectivity index (χ2n) is 2.05. The molecule has 0 unspecified atom stereocenters. The van der Waals surface area contributed by atoms with Crippen molar-refractivity contribution in [3.05, 3.63) is 28.0 Å². The zero-order valence-electron chi connectivity index (χ0n) is 5.56. The van der Waals surface area contributed by atoms with Crippen LogP contribution in [0, 0.1) is 6.92 Å². The van der Waals surface area contributed by atoms with Crippen LogP contribution < -0.4 is 0 Å². The lowest BCUT2D eigenvalue weighted by molar-refractivity contribution is 0.475. The number of pyridine rings is 1. The number of halogens is 2. The molecule has 0 aliphatic rings. The highest BCUT2D eigenvalue weighted by molar-refractivity contribution is 9.10. The first-order valence-electron chi connectivity index (χ1n) is 2.91. The minimum atomic E-state index is -0.500. The molecule has 0 atom stereocenters. The van der Waals surface area contributed by atoms with E-state index in [-0.39, 0.29) is 0 Å². The number of aromatic nitrogens is 1. The molecule has 0 saturated carbocycles. The molecule has 0 aliphatic carbocycles. The van der Waals surface area contributed by atoms with Crippen LogP contribution in [0.25, 0.3) is 0 Å². The summed E-state index contributed by atoms with van der Waals surface area (Å²) in [5.74, 6) is 0. The fraction of sp³-hybridized carbons (Fsp3) is 0.286. The minimum absolute atomic E-state index is 0.479. The molecular weight excluding hydrogens is 197 g/mol. The van der Waals surface area contributed by atoms with Gasteiger partial charge in [-0.3, -0.25) is 4.98 Å². The van der Waals surface area contributed by atoms with Crippen molar-refractivity contribution in [1.29, 1.82) is 0 Å². The Hall–Kier alpha value is -0.440. The van der Waals surface area contributed by atoms with Crippen molar-refractivity contribution in [2.45, 2.75) is 13.6 Å². The van der Waals surface area contributed by atoms with Crippen molar-refractivity contribution < 1.29 is 4.39 Å². The Bertz CT molecular complexity index is 217. The van der Waals surface area contributed by atoms with Gasteiger partial charge >= 0.3 is 0 Å². The van der Waals surface area contributed by atoms with Crippen LogP contribution in [0.15, 0.2) is 16.6 Å². The van der Waals surface area contributed by atoms with E-state index in [1.807, 2.05) is 13.0 Å². The molecule has 0 amide bonds. The van der Waals surface area contributed by atoms with E-state index in [1.165, 1.54) is 0 Å². The van der Waals surface area contributed by atoms with Crippen molar-refractivity contribution in [1.82, 2.24) is 4.98 Å². The van der Waals surface area contributed by atoms with Gasteiger partial charge in [-0.2, -0.15) is 0 Å². The van der Waals surface area contributed by atoms with Crippen LogP contribution in [0.1, 0.15) is 11.4 Å². The van der Waals surface area contributed by atoms with Gasteiger partial charge in [0.1, 0.15) is 6.67 Å². The fourth-order valence-electron chi connectivity index (χ4n) is 0.760. The smallest absolute Gasteiger partial charge is 0.131 e. The molecule has 0 spiro atoms. The Labute approximate surface area is 67.4 Å². The van der Waals surface area contributed by atoms with Gasteiger partial charge in [-0.25, -0.2) is 4.39 Å². The largest absolute Gasteiger partial charge is 0.255 e. The molecule has 1 aromatic heterocycles. The van der Waals surface area contributed by atoms with E-state index < -0.39 is 6.67 Å². The number of aryl methyl sites for hydroxylation is 1. The third-order valence-electron chi connectivity index (χ3n) is 1.11. The number of hydrogen-bond donors (Lipinski definition) is 0. The van der Waals surface area contributed by atoms with E-state index in [4.69, 9.17) is 0 Å². The molecule has 0 N–H and O–H groups in total. The summed E-state index contributed by atoms with van der Waals surface area (Å²) < 4.78 is 12.9. The van der Waals surface area contributed by atoms with Gasteiger partial charge in [0.2, 0.25) is 0 Å². The van der Waals surface area contributed by atoms with E-state index in [0.717, 1.165) is 10.2 Å². The first-order valence-corrected chi connectivity index (χ1v) is 3.70. The molecule has 54 valence electrons. The van der Waals surface area contributed by atoms with Gasteiger partial charge in [0.05, 0.1) is 5.69 Å². The Kier molecular flexibility index (Phi) is 2.38. The van der Waals surface area contributed by atoms with Gasteiger partial charge in [0.15, 0.2) is 0 Å². The van der Waals surface area contributed by atoms with Gasteiger partial charge in [-0.15, -0.1) is 0 Å². The zero-order valence-corrected chi connectivity index (χ0v) is 7.15. The number of rotatable bonds is 1.